The Kier molecular flexibility index (Phi) is 7.53. The van der Waals surface area contributed by atoms with Gasteiger partial charge in [-0.25, -0.2) is 0 Å². The smallest absolute Gasteiger partial charge is 0.243 e. The number of hydrogen-bond acceptors (Lipinski definition) is 1. The molecule has 0 spiro atoms. The van der Waals surface area contributed by atoms with Crippen molar-refractivity contribution in [3.8, 4) is 0 Å². The van der Waals surface area contributed by atoms with Gasteiger partial charge in [-0.1, -0.05) is 6.58 Å². The minimum absolute atomic E-state index is 0. The van der Waals surface area contributed by atoms with Crippen LogP contribution >= 0.6 is 0 Å². The number of carbonyl (C=O) groups excluding carboxylic acids is 1. The van der Waals surface area contributed by atoms with Gasteiger partial charge in [0.25, 0.3) is 0 Å². The van der Waals surface area contributed by atoms with E-state index in [1.165, 1.54) is 6.08 Å². The van der Waals surface area contributed by atoms with Gasteiger partial charge in [0, 0.05) is 12.0 Å². The van der Waals surface area contributed by atoms with E-state index in [9.17, 15) is 4.79 Å². The number of amides is 1. The first kappa shape index (κ1) is 18.3. The SMILES string of the molecule is C=CC(=O)NC(C)(C)CC(C)[N+](C)(C)C.[I-]. The summed E-state index contributed by atoms with van der Waals surface area (Å²) in [7, 11) is 6.49. The van der Waals surface area contributed by atoms with Crippen molar-refractivity contribution in [2.75, 3.05) is 21.1 Å². The average molecular weight is 340 g/mol. The molecule has 0 saturated carbocycles. The Morgan fingerprint density at radius 1 is 1.44 bits per heavy atom. The fourth-order valence-corrected chi connectivity index (χ4v) is 1.45. The minimum atomic E-state index is -0.184. The molecule has 0 bridgehead atoms. The Labute approximate surface area is 117 Å². The van der Waals surface area contributed by atoms with Gasteiger partial charge >= 0.3 is 0 Å². The molecule has 0 rings (SSSR count). The molecular weight excluding hydrogens is 315 g/mol. The second-order valence-corrected chi connectivity index (χ2v) is 5.75. The monoisotopic (exact) mass is 340 g/mol. The zero-order valence-electron chi connectivity index (χ0n) is 11.3. The summed E-state index contributed by atoms with van der Waals surface area (Å²) in [5, 5.41) is 2.94. The van der Waals surface area contributed by atoms with Gasteiger partial charge in [-0.2, -0.15) is 0 Å². The molecule has 1 unspecified atom stereocenters. The highest BCUT2D eigenvalue weighted by Gasteiger charge is 2.28. The molecule has 96 valence electrons. The first-order valence-corrected chi connectivity index (χ1v) is 5.34. The molecule has 4 heteroatoms. The van der Waals surface area contributed by atoms with Crippen LogP contribution in [0.3, 0.4) is 0 Å². The summed E-state index contributed by atoms with van der Waals surface area (Å²) in [6.07, 6.45) is 2.26. The third-order valence-corrected chi connectivity index (χ3v) is 2.78. The molecule has 3 nitrogen and oxygen atoms in total. The predicted molar refractivity (Wildman–Crippen MR) is 64.5 cm³/mol. The van der Waals surface area contributed by atoms with Crippen molar-refractivity contribution in [2.45, 2.75) is 38.8 Å². The first-order valence-electron chi connectivity index (χ1n) is 5.34. The molecule has 0 aromatic rings. The molecule has 0 fully saturated rings. The molecule has 0 aromatic heterocycles. The van der Waals surface area contributed by atoms with Crippen LogP contribution in [0.15, 0.2) is 12.7 Å². The molecule has 1 N–H and O–H groups in total. The number of carbonyl (C=O) groups is 1. The number of halogens is 1. The zero-order valence-corrected chi connectivity index (χ0v) is 13.5. The highest BCUT2D eigenvalue weighted by molar-refractivity contribution is 5.87. The molecule has 0 aromatic carbocycles. The van der Waals surface area contributed by atoms with Crippen LogP contribution in [0.25, 0.3) is 0 Å². The summed E-state index contributed by atoms with van der Waals surface area (Å²) in [6.45, 7) is 9.74. The van der Waals surface area contributed by atoms with Gasteiger partial charge < -0.3 is 33.8 Å². The van der Waals surface area contributed by atoms with Crippen LogP contribution in [0.1, 0.15) is 27.2 Å². The highest BCUT2D eigenvalue weighted by Crippen LogP contribution is 2.17. The zero-order chi connectivity index (χ0) is 12.3. The van der Waals surface area contributed by atoms with E-state index in [1.54, 1.807) is 0 Å². The first-order chi connectivity index (χ1) is 6.58. The summed E-state index contributed by atoms with van der Waals surface area (Å²) in [5.74, 6) is -0.103. The van der Waals surface area contributed by atoms with Gasteiger partial charge in [-0.15, -0.1) is 0 Å². The molecule has 0 aliphatic heterocycles. The number of nitrogens with one attached hydrogen (secondary N) is 1. The van der Waals surface area contributed by atoms with Crippen molar-refractivity contribution in [3.05, 3.63) is 12.7 Å². The van der Waals surface area contributed by atoms with Gasteiger partial charge in [0.15, 0.2) is 0 Å². The molecular formula is C12H25IN2O. The number of quaternary nitrogens is 1. The Hall–Kier alpha value is -0.100. The van der Waals surface area contributed by atoms with Crippen LogP contribution in [0.5, 0.6) is 0 Å². The summed E-state index contributed by atoms with van der Waals surface area (Å²) in [5.41, 5.74) is -0.184. The fourth-order valence-electron chi connectivity index (χ4n) is 1.45. The number of hydrogen-bond donors (Lipinski definition) is 1. The Balaban J connectivity index is 0. The topological polar surface area (TPSA) is 29.1 Å². The quantitative estimate of drug-likeness (QED) is 0.371. The summed E-state index contributed by atoms with van der Waals surface area (Å²) in [6, 6.07) is 0.491. The molecule has 1 amide bonds. The average Bonchev–Trinajstić information content (AvgIpc) is 2.00. The molecule has 0 heterocycles. The van der Waals surface area contributed by atoms with Gasteiger partial charge in [0.2, 0.25) is 5.91 Å². The predicted octanol–water partition coefficient (Wildman–Crippen LogP) is -1.44. The lowest BCUT2D eigenvalue weighted by atomic mass is 9.94. The van der Waals surface area contributed by atoms with E-state index >= 15 is 0 Å². The van der Waals surface area contributed by atoms with Crippen LogP contribution in [0.2, 0.25) is 0 Å². The summed E-state index contributed by atoms with van der Waals surface area (Å²) < 4.78 is 0.896. The van der Waals surface area contributed by atoms with E-state index in [0.29, 0.717) is 6.04 Å². The largest absolute Gasteiger partial charge is 1.00 e. The van der Waals surface area contributed by atoms with E-state index in [1.807, 2.05) is 13.8 Å². The van der Waals surface area contributed by atoms with E-state index in [4.69, 9.17) is 0 Å². The second kappa shape index (κ2) is 6.59. The normalized spacial score (nSPS) is 13.6. The van der Waals surface area contributed by atoms with Crippen molar-refractivity contribution in [2.24, 2.45) is 0 Å². The van der Waals surface area contributed by atoms with Crippen molar-refractivity contribution in [1.82, 2.24) is 5.32 Å². The van der Waals surface area contributed by atoms with Crippen LogP contribution in [-0.2, 0) is 4.79 Å². The number of rotatable bonds is 5. The van der Waals surface area contributed by atoms with Crippen molar-refractivity contribution < 1.29 is 33.3 Å². The Bertz CT molecular complexity index is 244. The molecule has 0 aliphatic carbocycles. The van der Waals surface area contributed by atoms with Crippen LogP contribution in [-0.4, -0.2) is 43.1 Å². The fraction of sp³-hybridized carbons (Fsp3) is 0.750. The molecule has 1 atom stereocenters. The lowest BCUT2D eigenvalue weighted by Gasteiger charge is -2.37. The summed E-state index contributed by atoms with van der Waals surface area (Å²) >= 11 is 0. The molecule has 0 aliphatic rings. The molecule has 16 heavy (non-hydrogen) atoms. The lowest BCUT2D eigenvalue weighted by molar-refractivity contribution is -0.894. The Morgan fingerprint density at radius 3 is 2.19 bits per heavy atom. The third-order valence-electron chi connectivity index (χ3n) is 2.78. The van der Waals surface area contributed by atoms with E-state index in [-0.39, 0.29) is 35.4 Å². The van der Waals surface area contributed by atoms with Crippen LogP contribution < -0.4 is 29.3 Å². The molecule has 0 radical (unpaired) electrons. The number of nitrogens with zero attached hydrogens (tertiary/aromatic N) is 1. The summed E-state index contributed by atoms with van der Waals surface area (Å²) in [4.78, 5) is 11.2. The Morgan fingerprint density at radius 2 is 1.88 bits per heavy atom. The van der Waals surface area contributed by atoms with Crippen LogP contribution in [0, 0.1) is 0 Å². The van der Waals surface area contributed by atoms with E-state index in [2.05, 4.69) is 40.0 Å². The maximum atomic E-state index is 11.2. The maximum absolute atomic E-state index is 11.2. The lowest BCUT2D eigenvalue weighted by Crippen LogP contribution is -3.00. The van der Waals surface area contributed by atoms with Gasteiger partial charge in [-0.05, 0) is 26.8 Å². The van der Waals surface area contributed by atoms with Gasteiger partial charge in [-0.3, -0.25) is 4.79 Å². The standard InChI is InChI=1S/C12H24N2O.HI/c1-8-11(15)13-12(3,4)9-10(2)14(5,6)7;/h8,10H,1,9H2,2-7H3;1H. The minimum Gasteiger partial charge on any atom is -1.00 e. The second-order valence-electron chi connectivity index (χ2n) is 5.75. The molecule has 0 saturated heterocycles. The van der Waals surface area contributed by atoms with Crippen molar-refractivity contribution in [1.29, 1.82) is 0 Å². The van der Waals surface area contributed by atoms with Crippen molar-refractivity contribution >= 4 is 5.91 Å². The van der Waals surface area contributed by atoms with Crippen LogP contribution in [0.4, 0.5) is 0 Å². The van der Waals surface area contributed by atoms with E-state index < -0.39 is 0 Å². The maximum Gasteiger partial charge on any atom is 0.243 e. The van der Waals surface area contributed by atoms with Gasteiger partial charge in [0.1, 0.15) is 0 Å². The third kappa shape index (κ3) is 7.22. The van der Waals surface area contributed by atoms with Crippen molar-refractivity contribution in [3.63, 3.8) is 0 Å². The van der Waals surface area contributed by atoms with Gasteiger partial charge in [0.05, 0.1) is 27.2 Å². The van der Waals surface area contributed by atoms with E-state index in [0.717, 1.165) is 10.9 Å². The highest BCUT2D eigenvalue weighted by atomic mass is 127.